The Bertz CT molecular complexity index is 648. The highest BCUT2D eigenvalue weighted by molar-refractivity contribution is 6.03. The van der Waals surface area contributed by atoms with Crippen LogP contribution in [-0.4, -0.2) is 18.1 Å². The molecule has 2 aromatic rings. The van der Waals surface area contributed by atoms with E-state index in [9.17, 15) is 0 Å². The van der Waals surface area contributed by atoms with Crippen molar-refractivity contribution < 1.29 is 5.21 Å². The van der Waals surface area contributed by atoms with E-state index < -0.39 is 0 Å². The summed E-state index contributed by atoms with van der Waals surface area (Å²) >= 11 is 0. The molecule has 0 atom stereocenters. The van der Waals surface area contributed by atoms with Gasteiger partial charge in [-0.25, -0.2) is 0 Å². The minimum absolute atomic E-state index is 0.113. The maximum atomic E-state index is 8.95. The van der Waals surface area contributed by atoms with E-state index in [2.05, 4.69) is 36.3 Å². The average molecular weight is 283 g/mol. The van der Waals surface area contributed by atoms with Crippen molar-refractivity contribution in [1.82, 2.24) is 0 Å². The summed E-state index contributed by atoms with van der Waals surface area (Å²) in [5, 5.41) is 12.1. The molecular weight excluding hydrogens is 262 g/mol. The fraction of sp³-hybridized carbons (Fsp3) is 0.235. The van der Waals surface area contributed by atoms with Crippen molar-refractivity contribution in [3.05, 3.63) is 59.2 Å². The maximum absolute atomic E-state index is 8.95. The number of benzene rings is 2. The van der Waals surface area contributed by atoms with Crippen LogP contribution in [-0.2, 0) is 6.42 Å². The summed E-state index contributed by atoms with van der Waals surface area (Å²) < 4.78 is 0. The van der Waals surface area contributed by atoms with Crippen LogP contribution in [0.5, 0.6) is 0 Å². The molecular formula is C17H21N3O. The molecule has 0 aromatic heterocycles. The SMILES string of the molecule is CCc1ccc(N(C)c2cc(C)ccc2C(N)=NO)cc1. The molecule has 0 aliphatic rings. The zero-order chi connectivity index (χ0) is 15.4. The van der Waals surface area contributed by atoms with Crippen molar-refractivity contribution >= 4 is 17.2 Å². The Morgan fingerprint density at radius 1 is 1.19 bits per heavy atom. The van der Waals surface area contributed by atoms with Gasteiger partial charge in [0.2, 0.25) is 0 Å². The highest BCUT2D eigenvalue weighted by Gasteiger charge is 2.13. The van der Waals surface area contributed by atoms with Gasteiger partial charge in [0.1, 0.15) is 0 Å². The zero-order valence-corrected chi connectivity index (χ0v) is 12.7. The van der Waals surface area contributed by atoms with E-state index in [0.29, 0.717) is 5.56 Å². The van der Waals surface area contributed by atoms with Crippen LogP contribution in [0, 0.1) is 6.92 Å². The Labute approximate surface area is 125 Å². The largest absolute Gasteiger partial charge is 0.409 e. The number of hydrogen-bond donors (Lipinski definition) is 2. The van der Waals surface area contributed by atoms with Gasteiger partial charge < -0.3 is 15.8 Å². The standard InChI is InChI=1S/C17H21N3O/c1-4-13-6-8-14(9-7-13)20(3)16-11-12(2)5-10-15(16)17(18)19-21/h5-11,21H,4H2,1-3H3,(H2,18,19). The van der Waals surface area contributed by atoms with Gasteiger partial charge in [-0.1, -0.05) is 30.3 Å². The minimum Gasteiger partial charge on any atom is -0.409 e. The number of nitrogens with two attached hydrogens (primary N) is 1. The Balaban J connectivity index is 2.46. The molecule has 4 heteroatoms. The fourth-order valence-corrected chi connectivity index (χ4v) is 2.28. The molecule has 0 heterocycles. The summed E-state index contributed by atoms with van der Waals surface area (Å²) in [6.07, 6.45) is 1.02. The number of amidine groups is 1. The van der Waals surface area contributed by atoms with Crippen LogP contribution < -0.4 is 10.6 Å². The number of hydrogen-bond acceptors (Lipinski definition) is 3. The van der Waals surface area contributed by atoms with Crippen molar-refractivity contribution in [2.24, 2.45) is 10.9 Å². The molecule has 21 heavy (non-hydrogen) atoms. The van der Waals surface area contributed by atoms with Crippen molar-refractivity contribution in [2.45, 2.75) is 20.3 Å². The van der Waals surface area contributed by atoms with E-state index in [1.165, 1.54) is 5.56 Å². The molecule has 0 aliphatic heterocycles. The molecule has 0 radical (unpaired) electrons. The molecule has 4 nitrogen and oxygen atoms in total. The normalized spacial score (nSPS) is 11.5. The molecule has 0 aliphatic carbocycles. The molecule has 0 saturated heterocycles. The van der Waals surface area contributed by atoms with Gasteiger partial charge >= 0.3 is 0 Å². The topological polar surface area (TPSA) is 61.8 Å². The second-order valence-electron chi connectivity index (χ2n) is 5.08. The van der Waals surface area contributed by atoms with Gasteiger partial charge in [0.15, 0.2) is 5.84 Å². The average Bonchev–Trinajstić information content (AvgIpc) is 2.53. The molecule has 0 unspecified atom stereocenters. The summed E-state index contributed by atoms with van der Waals surface area (Å²) in [5.41, 5.74) is 10.9. The maximum Gasteiger partial charge on any atom is 0.172 e. The van der Waals surface area contributed by atoms with E-state index in [4.69, 9.17) is 10.9 Å². The number of rotatable bonds is 4. The van der Waals surface area contributed by atoms with E-state index >= 15 is 0 Å². The lowest BCUT2D eigenvalue weighted by atomic mass is 10.1. The highest BCUT2D eigenvalue weighted by Crippen LogP contribution is 2.28. The third-order valence-electron chi connectivity index (χ3n) is 3.63. The first-order chi connectivity index (χ1) is 10.1. The summed E-state index contributed by atoms with van der Waals surface area (Å²) in [6.45, 7) is 4.16. The number of oxime groups is 1. The molecule has 3 N–H and O–H groups in total. The van der Waals surface area contributed by atoms with Gasteiger partial charge in [0, 0.05) is 18.3 Å². The van der Waals surface area contributed by atoms with Crippen molar-refractivity contribution in [2.75, 3.05) is 11.9 Å². The number of aryl methyl sites for hydroxylation is 2. The third kappa shape index (κ3) is 3.16. The number of anilines is 2. The monoisotopic (exact) mass is 283 g/mol. The van der Waals surface area contributed by atoms with E-state index in [1.807, 2.05) is 37.1 Å². The number of nitrogens with zero attached hydrogens (tertiary/aromatic N) is 2. The van der Waals surface area contributed by atoms with Gasteiger partial charge in [-0.2, -0.15) is 0 Å². The fourth-order valence-electron chi connectivity index (χ4n) is 2.28. The Morgan fingerprint density at radius 3 is 2.43 bits per heavy atom. The first-order valence-electron chi connectivity index (χ1n) is 6.98. The van der Waals surface area contributed by atoms with Gasteiger partial charge in [-0.15, -0.1) is 0 Å². The second-order valence-corrected chi connectivity index (χ2v) is 5.08. The predicted octanol–water partition coefficient (Wildman–Crippen LogP) is 3.42. The lowest BCUT2D eigenvalue weighted by molar-refractivity contribution is 0.318. The van der Waals surface area contributed by atoms with E-state index in [0.717, 1.165) is 23.4 Å². The third-order valence-corrected chi connectivity index (χ3v) is 3.63. The Morgan fingerprint density at radius 2 is 1.86 bits per heavy atom. The van der Waals surface area contributed by atoms with Crippen LogP contribution in [0.2, 0.25) is 0 Å². The molecule has 0 amide bonds. The molecule has 0 bridgehead atoms. The molecule has 2 aromatic carbocycles. The predicted molar refractivity (Wildman–Crippen MR) is 87.6 cm³/mol. The van der Waals surface area contributed by atoms with Gasteiger partial charge in [0.25, 0.3) is 0 Å². The van der Waals surface area contributed by atoms with Crippen LogP contribution >= 0.6 is 0 Å². The van der Waals surface area contributed by atoms with Crippen molar-refractivity contribution in [3.8, 4) is 0 Å². The molecule has 0 spiro atoms. The first kappa shape index (κ1) is 14.9. The lowest BCUT2D eigenvalue weighted by Crippen LogP contribution is -2.19. The molecule has 0 fully saturated rings. The van der Waals surface area contributed by atoms with Crippen molar-refractivity contribution in [3.63, 3.8) is 0 Å². The minimum atomic E-state index is 0.113. The van der Waals surface area contributed by atoms with Crippen LogP contribution in [0.4, 0.5) is 11.4 Å². The van der Waals surface area contributed by atoms with E-state index in [-0.39, 0.29) is 5.84 Å². The van der Waals surface area contributed by atoms with Crippen LogP contribution in [0.25, 0.3) is 0 Å². The van der Waals surface area contributed by atoms with Gasteiger partial charge in [-0.3, -0.25) is 0 Å². The van der Waals surface area contributed by atoms with Crippen LogP contribution in [0.3, 0.4) is 0 Å². The Hall–Kier alpha value is -2.49. The summed E-state index contributed by atoms with van der Waals surface area (Å²) in [6, 6.07) is 14.2. The van der Waals surface area contributed by atoms with Crippen LogP contribution in [0.1, 0.15) is 23.6 Å². The smallest absolute Gasteiger partial charge is 0.172 e. The second kappa shape index (κ2) is 6.31. The van der Waals surface area contributed by atoms with Crippen LogP contribution in [0.15, 0.2) is 47.6 Å². The highest BCUT2D eigenvalue weighted by atomic mass is 16.4. The first-order valence-corrected chi connectivity index (χ1v) is 6.98. The quantitative estimate of drug-likeness (QED) is 0.391. The van der Waals surface area contributed by atoms with Crippen molar-refractivity contribution in [1.29, 1.82) is 0 Å². The summed E-state index contributed by atoms with van der Waals surface area (Å²) in [7, 11) is 1.98. The van der Waals surface area contributed by atoms with Gasteiger partial charge in [-0.05, 0) is 48.7 Å². The summed E-state index contributed by atoms with van der Waals surface area (Å²) in [5.74, 6) is 0.113. The molecule has 0 saturated carbocycles. The zero-order valence-electron chi connectivity index (χ0n) is 12.7. The Kier molecular flexibility index (Phi) is 4.48. The molecule has 2 rings (SSSR count). The summed E-state index contributed by atoms with van der Waals surface area (Å²) in [4.78, 5) is 2.04. The van der Waals surface area contributed by atoms with E-state index in [1.54, 1.807) is 0 Å². The lowest BCUT2D eigenvalue weighted by Gasteiger charge is -2.23. The van der Waals surface area contributed by atoms with Gasteiger partial charge in [0.05, 0.1) is 5.69 Å². The molecule has 110 valence electrons.